The third kappa shape index (κ3) is 3.99. The Kier molecular flexibility index (Phi) is 5.13. The summed E-state index contributed by atoms with van der Waals surface area (Å²) in [7, 11) is 4.22. The molecule has 0 unspecified atom stereocenters. The fourth-order valence-electron chi connectivity index (χ4n) is 3.68. The number of carbonyl (C=O) groups is 1. The Morgan fingerprint density at radius 1 is 1.15 bits per heavy atom. The van der Waals surface area contributed by atoms with Gasteiger partial charge >= 0.3 is 0 Å². The molecule has 4 rings (SSSR count). The van der Waals surface area contributed by atoms with Crippen molar-refractivity contribution in [2.24, 2.45) is 5.92 Å². The topological polar surface area (TPSA) is 71.0 Å². The molecule has 0 aromatic carbocycles. The van der Waals surface area contributed by atoms with Crippen molar-refractivity contribution in [1.82, 2.24) is 19.9 Å². The quantitative estimate of drug-likeness (QED) is 0.736. The van der Waals surface area contributed by atoms with Gasteiger partial charge in [0.15, 0.2) is 0 Å². The number of rotatable bonds is 4. The van der Waals surface area contributed by atoms with Crippen LogP contribution >= 0.6 is 11.3 Å². The number of carbonyl (C=O) groups excluding carboxylic acids is 1. The van der Waals surface area contributed by atoms with Crippen molar-refractivity contribution >= 4 is 34.0 Å². The number of aromatic nitrogens is 3. The van der Waals surface area contributed by atoms with E-state index in [1.165, 1.54) is 0 Å². The molecule has 7 heteroatoms. The third-order valence-corrected chi connectivity index (χ3v) is 6.16. The van der Waals surface area contributed by atoms with E-state index in [0.717, 1.165) is 47.0 Å². The zero-order valence-corrected chi connectivity index (χ0v) is 16.4. The average molecular weight is 384 g/mol. The molecule has 1 aliphatic carbocycles. The summed E-state index contributed by atoms with van der Waals surface area (Å²) in [4.78, 5) is 28.9. The van der Waals surface area contributed by atoms with Crippen LogP contribution in [0.15, 0.2) is 36.2 Å². The van der Waals surface area contributed by atoms with Crippen molar-refractivity contribution < 1.29 is 6.22 Å². The van der Waals surface area contributed by atoms with Crippen LogP contribution in [0.2, 0.25) is 0 Å². The lowest BCUT2D eigenvalue weighted by atomic mass is 9.85. The van der Waals surface area contributed by atoms with E-state index in [9.17, 15) is 4.79 Å². The summed E-state index contributed by atoms with van der Waals surface area (Å²) in [6.45, 7) is 0. The molecule has 0 saturated heterocycles. The van der Waals surface area contributed by atoms with Gasteiger partial charge in [-0.05, 0) is 51.9 Å². The van der Waals surface area contributed by atoms with Crippen molar-refractivity contribution in [1.29, 1.82) is 0 Å². The number of nitrogens with zero attached hydrogens (tertiary/aromatic N) is 4. The zero-order valence-electron chi connectivity index (χ0n) is 15.6. The Hall–Kier alpha value is -2.38. The Balaban J connectivity index is 0.00000225. The SMILES string of the molecule is CN(C)C1CCC(C(=O)Nc2cc3cc(-c4cncs4)cnc3cn2)CC1.[HH]. The first-order chi connectivity index (χ1) is 13.1. The van der Waals surface area contributed by atoms with Crippen LogP contribution in [0.4, 0.5) is 5.82 Å². The molecule has 1 saturated carbocycles. The molecule has 142 valence electrons. The van der Waals surface area contributed by atoms with Crippen LogP contribution in [-0.2, 0) is 4.79 Å². The van der Waals surface area contributed by atoms with E-state index in [1.807, 2.05) is 24.0 Å². The number of thiazole rings is 1. The number of fused-ring (bicyclic) bond motifs is 1. The molecule has 3 heterocycles. The molecule has 1 fully saturated rings. The minimum Gasteiger partial charge on any atom is -0.310 e. The van der Waals surface area contributed by atoms with Crippen molar-refractivity contribution in [2.45, 2.75) is 31.7 Å². The minimum atomic E-state index is 0. The normalized spacial score (nSPS) is 20.1. The molecule has 0 spiro atoms. The second kappa shape index (κ2) is 7.70. The highest BCUT2D eigenvalue weighted by atomic mass is 32.1. The zero-order chi connectivity index (χ0) is 18.8. The van der Waals surface area contributed by atoms with Gasteiger partial charge in [0, 0.05) is 36.7 Å². The van der Waals surface area contributed by atoms with Crippen molar-refractivity contribution in [2.75, 3.05) is 19.4 Å². The predicted molar refractivity (Wildman–Crippen MR) is 111 cm³/mol. The van der Waals surface area contributed by atoms with Crippen LogP contribution in [0.25, 0.3) is 21.3 Å². The minimum absolute atomic E-state index is 0. The summed E-state index contributed by atoms with van der Waals surface area (Å²) in [5.74, 6) is 0.733. The van der Waals surface area contributed by atoms with Gasteiger partial charge in [-0.2, -0.15) is 0 Å². The van der Waals surface area contributed by atoms with Crippen LogP contribution in [-0.4, -0.2) is 45.9 Å². The van der Waals surface area contributed by atoms with Gasteiger partial charge in [0.2, 0.25) is 5.91 Å². The monoisotopic (exact) mass is 383 g/mol. The third-order valence-electron chi connectivity index (χ3n) is 5.33. The largest absolute Gasteiger partial charge is 0.310 e. The van der Waals surface area contributed by atoms with Crippen LogP contribution < -0.4 is 5.32 Å². The molecule has 1 aliphatic rings. The maximum Gasteiger partial charge on any atom is 0.228 e. The molecule has 0 aliphatic heterocycles. The average Bonchev–Trinajstić information content (AvgIpc) is 3.22. The maximum absolute atomic E-state index is 12.6. The van der Waals surface area contributed by atoms with E-state index in [2.05, 4.69) is 45.3 Å². The van der Waals surface area contributed by atoms with Crippen molar-refractivity contribution in [3.63, 3.8) is 0 Å². The summed E-state index contributed by atoms with van der Waals surface area (Å²) in [5, 5.41) is 3.96. The number of nitrogens with one attached hydrogen (secondary N) is 1. The van der Waals surface area contributed by atoms with Gasteiger partial charge in [0.05, 0.1) is 22.1 Å². The first kappa shape index (κ1) is 18.0. The lowest BCUT2D eigenvalue weighted by Crippen LogP contribution is -2.35. The van der Waals surface area contributed by atoms with E-state index in [4.69, 9.17) is 0 Å². The highest BCUT2D eigenvalue weighted by Crippen LogP contribution is 2.29. The van der Waals surface area contributed by atoms with Crippen LogP contribution in [0.5, 0.6) is 0 Å². The van der Waals surface area contributed by atoms with E-state index in [-0.39, 0.29) is 13.3 Å². The molecule has 1 amide bonds. The fourth-order valence-corrected chi connectivity index (χ4v) is 4.28. The van der Waals surface area contributed by atoms with E-state index in [0.29, 0.717) is 11.9 Å². The molecule has 0 atom stereocenters. The molecule has 27 heavy (non-hydrogen) atoms. The first-order valence-electron chi connectivity index (χ1n) is 9.22. The number of pyridine rings is 2. The number of hydrogen-bond acceptors (Lipinski definition) is 6. The Labute approximate surface area is 164 Å². The lowest BCUT2D eigenvalue weighted by molar-refractivity contribution is -0.121. The second-order valence-electron chi connectivity index (χ2n) is 7.31. The smallest absolute Gasteiger partial charge is 0.228 e. The van der Waals surface area contributed by atoms with Crippen LogP contribution in [0.3, 0.4) is 0 Å². The summed E-state index contributed by atoms with van der Waals surface area (Å²) in [5.41, 5.74) is 3.64. The van der Waals surface area contributed by atoms with E-state index < -0.39 is 0 Å². The molecular weight excluding hydrogens is 358 g/mol. The van der Waals surface area contributed by atoms with E-state index >= 15 is 0 Å². The number of anilines is 1. The Bertz CT molecular complexity index is 939. The molecule has 1 N–H and O–H groups in total. The molecular formula is C20H25N5OS. The Morgan fingerprint density at radius 3 is 2.67 bits per heavy atom. The van der Waals surface area contributed by atoms with Crippen molar-refractivity contribution in [3.8, 4) is 10.4 Å². The molecule has 0 radical (unpaired) electrons. The van der Waals surface area contributed by atoms with Gasteiger partial charge in [0.1, 0.15) is 5.82 Å². The van der Waals surface area contributed by atoms with E-state index in [1.54, 1.807) is 17.5 Å². The van der Waals surface area contributed by atoms with Crippen molar-refractivity contribution in [3.05, 3.63) is 36.2 Å². The predicted octanol–water partition coefficient (Wildman–Crippen LogP) is 4.06. The fraction of sp³-hybridized carbons (Fsp3) is 0.400. The lowest BCUT2D eigenvalue weighted by Gasteiger charge is -2.31. The molecule has 3 aromatic rings. The van der Waals surface area contributed by atoms with Gasteiger partial charge in [-0.15, -0.1) is 11.3 Å². The van der Waals surface area contributed by atoms with Gasteiger partial charge in [-0.1, -0.05) is 0 Å². The summed E-state index contributed by atoms with van der Waals surface area (Å²) in [6.07, 6.45) is 9.38. The number of hydrogen-bond donors (Lipinski definition) is 1. The van der Waals surface area contributed by atoms with Crippen LogP contribution in [0.1, 0.15) is 27.1 Å². The summed E-state index contributed by atoms with van der Waals surface area (Å²) < 4.78 is 0. The standard InChI is InChI=1S/C20H23N5OS.H2/c1-25(2)16-5-3-13(4-6-16)20(26)24-19-8-14-7-15(18-11-21-12-27-18)9-22-17(14)10-23-19;/h7-13,16H,3-6H2,1-2H3,(H,23,24,26);1H. The van der Waals surface area contributed by atoms with Gasteiger partial charge < -0.3 is 10.2 Å². The van der Waals surface area contributed by atoms with Gasteiger partial charge in [0.25, 0.3) is 0 Å². The first-order valence-corrected chi connectivity index (χ1v) is 10.1. The van der Waals surface area contributed by atoms with Crippen LogP contribution in [0, 0.1) is 5.92 Å². The molecule has 6 nitrogen and oxygen atoms in total. The van der Waals surface area contributed by atoms with Gasteiger partial charge in [-0.25, -0.2) is 4.98 Å². The highest BCUT2D eigenvalue weighted by molar-refractivity contribution is 7.13. The highest BCUT2D eigenvalue weighted by Gasteiger charge is 2.27. The summed E-state index contributed by atoms with van der Waals surface area (Å²) in [6, 6.07) is 4.55. The van der Waals surface area contributed by atoms with Gasteiger partial charge in [-0.3, -0.25) is 14.8 Å². The second-order valence-corrected chi connectivity index (χ2v) is 8.20. The molecule has 0 bridgehead atoms. The Morgan fingerprint density at radius 2 is 1.96 bits per heavy atom. The summed E-state index contributed by atoms with van der Waals surface area (Å²) >= 11 is 1.58. The molecule has 3 aromatic heterocycles. The number of amides is 1. The maximum atomic E-state index is 12.6.